The standard InChI is InChI=1S/C21H25N7O/c1-16-4-6-17(7-5-16)19-26-18(15-29-19)14-25-20(22-2)27-10-12-28(13-11-27)21-23-8-3-9-24-21/h3-9,15H,10-14H2,1-2H3,(H,22,25). The molecule has 1 fully saturated rings. The minimum atomic E-state index is 0.560. The van der Waals surface area contributed by atoms with Gasteiger partial charge in [-0.2, -0.15) is 0 Å². The van der Waals surface area contributed by atoms with E-state index in [0.717, 1.165) is 49.3 Å². The summed E-state index contributed by atoms with van der Waals surface area (Å²) in [6.45, 7) is 6.03. The number of oxazole rings is 1. The Morgan fingerprint density at radius 1 is 1.10 bits per heavy atom. The smallest absolute Gasteiger partial charge is 0.226 e. The van der Waals surface area contributed by atoms with Crippen LogP contribution in [0.25, 0.3) is 11.5 Å². The number of benzene rings is 1. The Labute approximate surface area is 170 Å². The first-order valence-corrected chi connectivity index (χ1v) is 9.72. The molecule has 1 saturated heterocycles. The lowest BCUT2D eigenvalue weighted by Gasteiger charge is -2.36. The molecule has 1 N–H and O–H groups in total. The minimum Gasteiger partial charge on any atom is -0.444 e. The van der Waals surface area contributed by atoms with Crippen LogP contribution in [-0.4, -0.2) is 59.0 Å². The van der Waals surface area contributed by atoms with Crippen molar-refractivity contribution in [2.75, 3.05) is 38.1 Å². The largest absolute Gasteiger partial charge is 0.444 e. The van der Waals surface area contributed by atoms with E-state index in [2.05, 4.69) is 54.1 Å². The summed E-state index contributed by atoms with van der Waals surface area (Å²) in [6.07, 6.45) is 5.25. The normalized spacial score (nSPS) is 14.9. The zero-order valence-corrected chi connectivity index (χ0v) is 16.7. The van der Waals surface area contributed by atoms with Gasteiger partial charge in [0.2, 0.25) is 11.8 Å². The second-order valence-electron chi connectivity index (χ2n) is 6.93. The van der Waals surface area contributed by atoms with Crippen LogP contribution in [0.3, 0.4) is 0 Å². The zero-order valence-electron chi connectivity index (χ0n) is 16.7. The number of piperazine rings is 1. The van der Waals surface area contributed by atoms with Gasteiger partial charge >= 0.3 is 0 Å². The Bertz CT molecular complexity index is 945. The van der Waals surface area contributed by atoms with Crippen molar-refractivity contribution >= 4 is 11.9 Å². The molecule has 2 aromatic heterocycles. The average molecular weight is 391 g/mol. The topological polar surface area (TPSA) is 82.7 Å². The van der Waals surface area contributed by atoms with Crippen LogP contribution >= 0.6 is 0 Å². The van der Waals surface area contributed by atoms with Gasteiger partial charge in [-0.1, -0.05) is 17.7 Å². The number of guanidine groups is 1. The molecule has 1 aliphatic rings. The lowest BCUT2D eigenvalue weighted by atomic mass is 10.1. The van der Waals surface area contributed by atoms with Crippen LogP contribution in [0.1, 0.15) is 11.3 Å². The third kappa shape index (κ3) is 4.53. The van der Waals surface area contributed by atoms with E-state index < -0.39 is 0 Å². The third-order valence-corrected chi connectivity index (χ3v) is 4.90. The molecule has 8 nitrogen and oxygen atoms in total. The van der Waals surface area contributed by atoms with Crippen molar-refractivity contribution in [3.8, 4) is 11.5 Å². The molecule has 0 aliphatic carbocycles. The first-order valence-electron chi connectivity index (χ1n) is 9.72. The van der Waals surface area contributed by atoms with Crippen molar-refractivity contribution in [3.63, 3.8) is 0 Å². The van der Waals surface area contributed by atoms with Crippen molar-refractivity contribution < 1.29 is 4.42 Å². The summed E-state index contributed by atoms with van der Waals surface area (Å²) in [4.78, 5) is 22.1. The number of rotatable bonds is 4. The molecule has 0 amide bonds. The quantitative estimate of drug-likeness (QED) is 0.540. The van der Waals surface area contributed by atoms with Gasteiger partial charge in [0.05, 0.1) is 12.2 Å². The summed E-state index contributed by atoms with van der Waals surface area (Å²) in [5.41, 5.74) is 3.04. The SMILES string of the molecule is CN=C(NCc1coc(-c2ccc(C)cc2)n1)N1CCN(c2ncccn2)CC1. The molecule has 0 atom stereocenters. The maximum absolute atomic E-state index is 5.64. The van der Waals surface area contributed by atoms with Gasteiger partial charge in [0, 0.05) is 51.2 Å². The molecule has 3 heterocycles. The van der Waals surface area contributed by atoms with Gasteiger partial charge < -0.3 is 19.5 Å². The fourth-order valence-electron chi connectivity index (χ4n) is 3.29. The summed E-state index contributed by atoms with van der Waals surface area (Å²) >= 11 is 0. The number of aromatic nitrogens is 3. The van der Waals surface area contributed by atoms with Crippen molar-refractivity contribution in [2.24, 2.45) is 4.99 Å². The summed E-state index contributed by atoms with van der Waals surface area (Å²) in [6, 6.07) is 9.99. The van der Waals surface area contributed by atoms with Crippen LogP contribution < -0.4 is 10.2 Å². The number of aliphatic imine (C=N–C) groups is 1. The summed E-state index contributed by atoms with van der Waals surface area (Å²) in [5.74, 6) is 2.27. The minimum absolute atomic E-state index is 0.560. The van der Waals surface area contributed by atoms with Crippen molar-refractivity contribution in [1.82, 2.24) is 25.2 Å². The molecule has 0 saturated carbocycles. The van der Waals surface area contributed by atoms with Gasteiger partial charge in [-0.3, -0.25) is 4.99 Å². The van der Waals surface area contributed by atoms with Crippen LogP contribution in [0.4, 0.5) is 5.95 Å². The molecule has 29 heavy (non-hydrogen) atoms. The lowest BCUT2D eigenvalue weighted by Crippen LogP contribution is -2.52. The van der Waals surface area contributed by atoms with Crippen molar-refractivity contribution in [3.05, 3.63) is 60.2 Å². The molecule has 0 radical (unpaired) electrons. The summed E-state index contributed by atoms with van der Waals surface area (Å²) in [5, 5.41) is 3.39. The van der Waals surface area contributed by atoms with E-state index in [1.165, 1.54) is 5.56 Å². The van der Waals surface area contributed by atoms with Crippen LogP contribution in [0.15, 0.2) is 58.4 Å². The predicted molar refractivity (Wildman–Crippen MR) is 113 cm³/mol. The monoisotopic (exact) mass is 391 g/mol. The molecule has 0 bridgehead atoms. The maximum atomic E-state index is 5.64. The van der Waals surface area contributed by atoms with Crippen molar-refractivity contribution in [2.45, 2.75) is 13.5 Å². The van der Waals surface area contributed by atoms with Gasteiger partial charge in [0.25, 0.3) is 0 Å². The molecule has 0 spiro atoms. The van der Waals surface area contributed by atoms with E-state index in [4.69, 9.17) is 4.42 Å². The summed E-state index contributed by atoms with van der Waals surface area (Å²) < 4.78 is 5.64. The Hall–Kier alpha value is -3.42. The van der Waals surface area contributed by atoms with Gasteiger partial charge in [0.1, 0.15) is 6.26 Å². The van der Waals surface area contributed by atoms with E-state index in [0.29, 0.717) is 12.4 Å². The van der Waals surface area contributed by atoms with Crippen molar-refractivity contribution in [1.29, 1.82) is 0 Å². The first kappa shape index (κ1) is 18.9. The third-order valence-electron chi connectivity index (χ3n) is 4.90. The van der Waals surface area contributed by atoms with E-state index in [-0.39, 0.29) is 0 Å². The van der Waals surface area contributed by atoms with E-state index >= 15 is 0 Å². The predicted octanol–water partition coefficient (Wildman–Crippen LogP) is 2.34. The van der Waals surface area contributed by atoms with Crippen LogP contribution in [0.5, 0.6) is 0 Å². The number of hydrogen-bond acceptors (Lipinski definition) is 6. The summed E-state index contributed by atoms with van der Waals surface area (Å²) in [7, 11) is 1.80. The first-order chi connectivity index (χ1) is 14.2. The second kappa shape index (κ2) is 8.72. The highest BCUT2D eigenvalue weighted by atomic mass is 16.3. The lowest BCUT2D eigenvalue weighted by molar-refractivity contribution is 0.370. The molecular formula is C21H25N7O. The molecule has 150 valence electrons. The van der Waals surface area contributed by atoms with E-state index in [1.54, 1.807) is 25.7 Å². The molecule has 1 aliphatic heterocycles. The molecule has 8 heteroatoms. The Morgan fingerprint density at radius 3 is 2.52 bits per heavy atom. The highest BCUT2D eigenvalue weighted by Crippen LogP contribution is 2.19. The number of anilines is 1. The van der Waals surface area contributed by atoms with E-state index in [9.17, 15) is 0 Å². The molecule has 0 unspecified atom stereocenters. The van der Waals surface area contributed by atoms with Crippen LogP contribution in [-0.2, 0) is 6.54 Å². The van der Waals surface area contributed by atoms with Crippen LogP contribution in [0, 0.1) is 6.92 Å². The number of nitrogens with one attached hydrogen (secondary N) is 1. The van der Waals surface area contributed by atoms with Gasteiger partial charge in [-0.15, -0.1) is 0 Å². The zero-order chi connectivity index (χ0) is 20.1. The molecule has 3 aromatic rings. The average Bonchev–Trinajstić information content (AvgIpc) is 3.25. The number of aryl methyl sites for hydroxylation is 1. The highest BCUT2D eigenvalue weighted by Gasteiger charge is 2.21. The van der Waals surface area contributed by atoms with Crippen LogP contribution in [0.2, 0.25) is 0 Å². The van der Waals surface area contributed by atoms with Gasteiger partial charge in [-0.05, 0) is 25.1 Å². The number of hydrogen-bond donors (Lipinski definition) is 1. The molecule has 4 rings (SSSR count). The Morgan fingerprint density at radius 2 is 1.83 bits per heavy atom. The fraction of sp³-hybridized carbons (Fsp3) is 0.333. The van der Waals surface area contributed by atoms with Gasteiger partial charge in [0.15, 0.2) is 5.96 Å². The Balaban J connectivity index is 1.32. The Kier molecular flexibility index (Phi) is 5.69. The number of nitrogens with zero attached hydrogens (tertiary/aromatic N) is 6. The fourth-order valence-corrected chi connectivity index (χ4v) is 3.29. The van der Waals surface area contributed by atoms with E-state index in [1.807, 2.05) is 18.2 Å². The second-order valence-corrected chi connectivity index (χ2v) is 6.93. The van der Waals surface area contributed by atoms with Gasteiger partial charge in [-0.25, -0.2) is 15.0 Å². The molecular weight excluding hydrogens is 366 g/mol. The molecule has 1 aromatic carbocycles. The highest BCUT2D eigenvalue weighted by molar-refractivity contribution is 5.80. The maximum Gasteiger partial charge on any atom is 0.226 e.